The lowest BCUT2D eigenvalue weighted by Gasteiger charge is -2.40. The number of cyclic esters (lactones) is 1. The summed E-state index contributed by atoms with van der Waals surface area (Å²) >= 11 is 0. The van der Waals surface area contributed by atoms with Crippen LogP contribution in [0.2, 0.25) is 0 Å². The van der Waals surface area contributed by atoms with Crippen LogP contribution >= 0.6 is 0 Å². The molecule has 10 nitrogen and oxygen atoms in total. The van der Waals surface area contributed by atoms with Crippen molar-refractivity contribution in [1.82, 2.24) is 0 Å². The van der Waals surface area contributed by atoms with Gasteiger partial charge >= 0.3 is 5.97 Å². The molecule has 230 valence electrons. The van der Waals surface area contributed by atoms with Crippen LogP contribution in [-0.2, 0) is 23.7 Å². The molecule has 9 atom stereocenters. The highest BCUT2D eigenvalue weighted by Gasteiger charge is 2.44. The summed E-state index contributed by atoms with van der Waals surface area (Å²) in [6.07, 6.45) is 16.0. The molecule has 2 aliphatic heterocycles. The SMILES string of the molecule is CO[C@H]1/C=C/C=C/CCC[C@@H](C)OC(=O)C=C/C=C/C[C@H](O[C@@H]2O[C@@H](CO)[C@@H](O)[C@H](O)[C@H]2O)/C=C/C=C\C[C@H](O)C1. The highest BCUT2D eigenvalue weighted by molar-refractivity contribution is 5.82. The second-order valence-corrected chi connectivity index (χ2v) is 10.1. The van der Waals surface area contributed by atoms with Crippen molar-refractivity contribution in [2.45, 2.75) is 101 Å². The Morgan fingerprint density at radius 1 is 0.878 bits per heavy atom. The Morgan fingerprint density at radius 2 is 1.56 bits per heavy atom. The van der Waals surface area contributed by atoms with E-state index in [9.17, 15) is 30.3 Å². The number of ether oxygens (including phenoxy) is 4. The Kier molecular flexibility index (Phi) is 16.7. The fraction of sp³-hybridized carbons (Fsp3) is 0.581. The normalized spacial score (nSPS) is 39.1. The molecule has 2 aliphatic rings. The Balaban J connectivity index is 2.14. The molecular weight excluding hydrogens is 532 g/mol. The van der Waals surface area contributed by atoms with Crippen LogP contribution in [0.3, 0.4) is 0 Å². The highest BCUT2D eigenvalue weighted by Crippen LogP contribution is 2.24. The molecular formula is C31H46O10. The summed E-state index contributed by atoms with van der Waals surface area (Å²) in [5.41, 5.74) is 0. The van der Waals surface area contributed by atoms with Gasteiger partial charge in [0.25, 0.3) is 0 Å². The molecule has 5 N–H and O–H groups in total. The maximum absolute atomic E-state index is 12.1. The minimum Gasteiger partial charge on any atom is -0.460 e. The predicted molar refractivity (Wildman–Crippen MR) is 154 cm³/mol. The van der Waals surface area contributed by atoms with Gasteiger partial charge in [0, 0.05) is 19.6 Å². The molecule has 2 heterocycles. The van der Waals surface area contributed by atoms with Crippen molar-refractivity contribution in [3.63, 3.8) is 0 Å². The van der Waals surface area contributed by atoms with Gasteiger partial charge in [0.05, 0.1) is 31.0 Å². The molecule has 0 bridgehead atoms. The second kappa shape index (κ2) is 19.7. The molecule has 0 aromatic carbocycles. The largest absolute Gasteiger partial charge is 0.460 e. The Bertz CT molecular complexity index is 922. The van der Waals surface area contributed by atoms with E-state index in [2.05, 4.69) is 0 Å². The number of esters is 1. The quantitative estimate of drug-likeness (QED) is 0.314. The standard InChI is InChI=1S/C31H46O10/c1-22-14-8-4-3-5-10-18-25(38-2)20-23(33)15-9-6-11-16-24(17-12-7-13-19-27(34)39-22)40-31-30(37)29(36)28(35)26(21-32)41-31/h3,5-7,9-13,16,18-19,22-26,28-33,35-37H,4,8,14-15,17,20-21H2,1-2H3/b5-3+,9-6-,12-7+,16-11+,18-10+,19-13?/t22-,23+,24-,25+,26+,28-,29+,30-,31-/m1/s1. The minimum absolute atomic E-state index is 0.223. The van der Waals surface area contributed by atoms with Gasteiger partial charge in [-0.3, -0.25) is 0 Å². The highest BCUT2D eigenvalue weighted by atomic mass is 16.7. The van der Waals surface area contributed by atoms with Crippen molar-refractivity contribution in [3.05, 3.63) is 72.9 Å². The van der Waals surface area contributed by atoms with Gasteiger partial charge in [0.2, 0.25) is 0 Å². The van der Waals surface area contributed by atoms with Gasteiger partial charge in [-0.05, 0) is 39.0 Å². The first-order valence-electron chi connectivity index (χ1n) is 14.1. The van der Waals surface area contributed by atoms with Crippen LogP contribution in [0.15, 0.2) is 72.9 Å². The number of aliphatic hydroxyl groups is 5. The smallest absolute Gasteiger partial charge is 0.331 e. The molecule has 2 rings (SSSR count). The van der Waals surface area contributed by atoms with Crippen LogP contribution in [0.4, 0.5) is 0 Å². The summed E-state index contributed by atoms with van der Waals surface area (Å²) in [5.74, 6) is -0.443. The topological polar surface area (TPSA) is 155 Å². The average Bonchev–Trinajstić information content (AvgIpc) is 2.94. The molecule has 0 aromatic rings. The molecule has 0 saturated carbocycles. The fourth-order valence-corrected chi connectivity index (χ4v) is 4.26. The Hall–Kier alpha value is -2.41. The van der Waals surface area contributed by atoms with Crippen molar-refractivity contribution < 1.29 is 49.3 Å². The molecule has 0 amide bonds. The van der Waals surface area contributed by atoms with E-state index in [1.165, 1.54) is 6.08 Å². The first-order chi connectivity index (χ1) is 19.7. The number of aliphatic hydroxyl groups excluding tert-OH is 5. The number of hydrogen-bond acceptors (Lipinski definition) is 10. The Labute approximate surface area is 242 Å². The van der Waals surface area contributed by atoms with Gasteiger partial charge < -0.3 is 44.5 Å². The second-order valence-electron chi connectivity index (χ2n) is 10.1. The van der Waals surface area contributed by atoms with Gasteiger partial charge in [0.15, 0.2) is 6.29 Å². The summed E-state index contributed by atoms with van der Waals surface area (Å²) in [5, 5.41) is 50.4. The summed E-state index contributed by atoms with van der Waals surface area (Å²) in [6, 6.07) is 0. The molecule has 0 spiro atoms. The van der Waals surface area contributed by atoms with Gasteiger partial charge in [-0.25, -0.2) is 4.79 Å². The number of carbonyl (C=O) groups is 1. The zero-order valence-corrected chi connectivity index (χ0v) is 23.9. The minimum atomic E-state index is -1.56. The lowest BCUT2D eigenvalue weighted by molar-refractivity contribution is -0.307. The maximum Gasteiger partial charge on any atom is 0.331 e. The number of rotatable bonds is 4. The third kappa shape index (κ3) is 13.4. The van der Waals surface area contributed by atoms with E-state index in [1.807, 2.05) is 37.3 Å². The van der Waals surface area contributed by atoms with Crippen LogP contribution < -0.4 is 0 Å². The first kappa shape index (κ1) is 34.8. The van der Waals surface area contributed by atoms with E-state index >= 15 is 0 Å². The zero-order valence-electron chi connectivity index (χ0n) is 23.9. The molecule has 1 fully saturated rings. The molecule has 1 saturated heterocycles. The summed E-state index contributed by atoms with van der Waals surface area (Å²) < 4.78 is 22.2. The van der Waals surface area contributed by atoms with Gasteiger partial charge in [-0.15, -0.1) is 0 Å². The van der Waals surface area contributed by atoms with Crippen LogP contribution in [0.1, 0.15) is 45.4 Å². The van der Waals surface area contributed by atoms with Gasteiger partial charge in [0.1, 0.15) is 24.4 Å². The predicted octanol–water partition coefficient (Wildman–Crippen LogP) is 2.17. The van der Waals surface area contributed by atoms with Crippen LogP contribution in [0.5, 0.6) is 0 Å². The fourth-order valence-electron chi connectivity index (χ4n) is 4.26. The number of methoxy groups -OCH3 is 1. The molecule has 10 heteroatoms. The van der Waals surface area contributed by atoms with Crippen molar-refractivity contribution >= 4 is 5.97 Å². The van der Waals surface area contributed by atoms with Crippen LogP contribution in [0.25, 0.3) is 0 Å². The zero-order chi connectivity index (χ0) is 30.0. The molecule has 0 radical (unpaired) electrons. The maximum atomic E-state index is 12.1. The van der Waals surface area contributed by atoms with E-state index in [4.69, 9.17) is 18.9 Å². The molecule has 0 unspecified atom stereocenters. The van der Waals surface area contributed by atoms with Crippen molar-refractivity contribution in [3.8, 4) is 0 Å². The van der Waals surface area contributed by atoms with Crippen molar-refractivity contribution in [2.75, 3.05) is 13.7 Å². The van der Waals surface area contributed by atoms with E-state index < -0.39 is 55.5 Å². The van der Waals surface area contributed by atoms with E-state index in [0.29, 0.717) is 19.3 Å². The number of allylic oxidation sites excluding steroid dienone is 7. The Morgan fingerprint density at radius 3 is 2.29 bits per heavy atom. The van der Waals surface area contributed by atoms with Gasteiger partial charge in [-0.1, -0.05) is 66.8 Å². The monoisotopic (exact) mass is 578 g/mol. The number of hydrogen-bond donors (Lipinski definition) is 5. The van der Waals surface area contributed by atoms with E-state index in [0.717, 1.165) is 19.3 Å². The lowest BCUT2D eigenvalue weighted by atomic mass is 9.99. The third-order valence-corrected chi connectivity index (χ3v) is 6.67. The van der Waals surface area contributed by atoms with E-state index in [-0.39, 0.29) is 12.2 Å². The van der Waals surface area contributed by atoms with Crippen LogP contribution in [0, 0.1) is 0 Å². The number of carbonyl (C=O) groups excluding carboxylic acids is 1. The van der Waals surface area contributed by atoms with Crippen molar-refractivity contribution in [1.29, 1.82) is 0 Å². The van der Waals surface area contributed by atoms with Crippen LogP contribution in [-0.4, -0.2) is 100 Å². The van der Waals surface area contributed by atoms with E-state index in [1.54, 1.807) is 43.6 Å². The summed E-state index contributed by atoms with van der Waals surface area (Å²) in [6.45, 7) is 1.29. The van der Waals surface area contributed by atoms with Crippen molar-refractivity contribution in [2.24, 2.45) is 0 Å². The molecule has 0 aliphatic carbocycles. The third-order valence-electron chi connectivity index (χ3n) is 6.67. The lowest BCUT2D eigenvalue weighted by Crippen LogP contribution is -2.59. The molecule has 0 aromatic heterocycles. The summed E-state index contributed by atoms with van der Waals surface area (Å²) in [4.78, 5) is 12.1. The average molecular weight is 579 g/mol. The summed E-state index contributed by atoms with van der Waals surface area (Å²) in [7, 11) is 1.60. The van der Waals surface area contributed by atoms with Gasteiger partial charge in [-0.2, -0.15) is 0 Å². The molecule has 41 heavy (non-hydrogen) atoms. The first-order valence-corrected chi connectivity index (χ1v) is 14.1.